The molecule has 0 fully saturated rings. The number of anilines is 1. The Labute approximate surface area is 125 Å². The van der Waals surface area contributed by atoms with E-state index in [-0.39, 0.29) is 0 Å². The molecule has 3 N–H and O–H groups in total. The second-order valence-corrected chi connectivity index (χ2v) is 5.53. The first-order chi connectivity index (χ1) is 9.69. The Morgan fingerprint density at radius 3 is 2.70 bits per heavy atom. The minimum absolute atomic E-state index is 0.450. The minimum Gasteiger partial charge on any atom is -0.382 e. The zero-order valence-electron chi connectivity index (χ0n) is 12.1. The van der Waals surface area contributed by atoms with E-state index in [1.807, 2.05) is 24.3 Å². The Morgan fingerprint density at radius 1 is 1.30 bits per heavy atom. The van der Waals surface area contributed by atoms with E-state index < -0.39 is 0 Å². The van der Waals surface area contributed by atoms with Crippen LogP contribution in [0.15, 0.2) is 24.3 Å². The third-order valence-corrected chi connectivity index (χ3v) is 4.10. The normalized spacial score (nSPS) is 12.6. The Morgan fingerprint density at radius 2 is 2.05 bits per heavy atom. The molecule has 0 bridgehead atoms. The van der Waals surface area contributed by atoms with Gasteiger partial charge in [-0.3, -0.25) is 5.10 Å². The summed E-state index contributed by atoms with van der Waals surface area (Å²) >= 11 is 6.31. The smallest absolute Gasteiger partial charge is 0.153 e. The SMILES string of the molecule is CCCCC(CC)c1[nH]nc(N)c1-c1ccccc1Cl. The van der Waals surface area contributed by atoms with Crippen LogP contribution in [0.2, 0.25) is 5.02 Å². The molecule has 0 saturated heterocycles. The molecule has 2 aromatic rings. The van der Waals surface area contributed by atoms with Crippen molar-refractivity contribution in [3.63, 3.8) is 0 Å². The molecule has 0 radical (unpaired) electrons. The first kappa shape index (κ1) is 14.9. The zero-order valence-corrected chi connectivity index (χ0v) is 12.9. The molecule has 3 nitrogen and oxygen atoms in total. The maximum atomic E-state index is 6.31. The Kier molecular flexibility index (Phi) is 5.07. The van der Waals surface area contributed by atoms with Crippen molar-refractivity contribution >= 4 is 17.4 Å². The Hall–Kier alpha value is -1.48. The number of H-pyrrole nitrogens is 1. The lowest BCUT2D eigenvalue weighted by Crippen LogP contribution is -2.01. The van der Waals surface area contributed by atoms with Crippen molar-refractivity contribution in [2.75, 3.05) is 5.73 Å². The predicted octanol–water partition coefficient (Wildman–Crippen LogP) is 5.00. The van der Waals surface area contributed by atoms with E-state index in [9.17, 15) is 0 Å². The highest BCUT2D eigenvalue weighted by atomic mass is 35.5. The molecular weight excluding hydrogens is 270 g/mol. The summed E-state index contributed by atoms with van der Waals surface area (Å²) in [7, 11) is 0. The second kappa shape index (κ2) is 6.80. The number of nitrogen functional groups attached to an aromatic ring is 1. The zero-order chi connectivity index (χ0) is 14.5. The molecule has 108 valence electrons. The van der Waals surface area contributed by atoms with Crippen LogP contribution in [0.25, 0.3) is 11.1 Å². The maximum Gasteiger partial charge on any atom is 0.153 e. The number of aromatic nitrogens is 2. The van der Waals surface area contributed by atoms with Crippen LogP contribution in [0.5, 0.6) is 0 Å². The lowest BCUT2D eigenvalue weighted by atomic mass is 9.91. The Balaban J connectivity index is 2.44. The number of aromatic amines is 1. The van der Waals surface area contributed by atoms with Gasteiger partial charge < -0.3 is 5.73 Å². The molecule has 4 heteroatoms. The quantitative estimate of drug-likeness (QED) is 0.787. The second-order valence-electron chi connectivity index (χ2n) is 5.12. The van der Waals surface area contributed by atoms with Gasteiger partial charge in [0.2, 0.25) is 0 Å². The van der Waals surface area contributed by atoms with Crippen LogP contribution < -0.4 is 5.73 Å². The largest absolute Gasteiger partial charge is 0.382 e. The van der Waals surface area contributed by atoms with Gasteiger partial charge in [-0.1, -0.05) is 56.5 Å². The maximum absolute atomic E-state index is 6.31. The van der Waals surface area contributed by atoms with Crippen LogP contribution in [0, 0.1) is 0 Å². The van der Waals surface area contributed by atoms with Crippen molar-refractivity contribution in [3.05, 3.63) is 35.0 Å². The van der Waals surface area contributed by atoms with Gasteiger partial charge in [0.1, 0.15) is 0 Å². The van der Waals surface area contributed by atoms with E-state index in [0.717, 1.165) is 29.7 Å². The third-order valence-electron chi connectivity index (χ3n) is 3.77. The van der Waals surface area contributed by atoms with Gasteiger partial charge in [-0.25, -0.2) is 0 Å². The molecule has 0 aliphatic rings. The van der Waals surface area contributed by atoms with Crippen LogP contribution >= 0.6 is 11.6 Å². The summed E-state index contributed by atoms with van der Waals surface area (Å²) in [5, 5.41) is 8.05. The summed E-state index contributed by atoms with van der Waals surface area (Å²) in [4.78, 5) is 0. The molecule has 1 heterocycles. The third kappa shape index (κ3) is 2.98. The van der Waals surface area contributed by atoms with Gasteiger partial charge in [-0.2, -0.15) is 5.10 Å². The van der Waals surface area contributed by atoms with E-state index in [1.54, 1.807) is 0 Å². The highest BCUT2D eigenvalue weighted by Crippen LogP contribution is 2.38. The number of hydrogen-bond donors (Lipinski definition) is 2. The number of nitrogens with one attached hydrogen (secondary N) is 1. The summed E-state index contributed by atoms with van der Waals surface area (Å²) in [6.07, 6.45) is 4.62. The first-order valence-corrected chi connectivity index (χ1v) is 7.65. The van der Waals surface area contributed by atoms with Crippen molar-refractivity contribution in [3.8, 4) is 11.1 Å². The van der Waals surface area contributed by atoms with E-state index in [4.69, 9.17) is 17.3 Å². The first-order valence-electron chi connectivity index (χ1n) is 7.27. The molecular formula is C16H22ClN3. The number of hydrogen-bond acceptors (Lipinski definition) is 2. The van der Waals surface area contributed by atoms with Crippen molar-refractivity contribution in [2.45, 2.75) is 45.4 Å². The van der Waals surface area contributed by atoms with Crippen LogP contribution in [0.1, 0.15) is 51.1 Å². The van der Waals surface area contributed by atoms with Gasteiger partial charge in [0.25, 0.3) is 0 Å². The molecule has 1 atom stereocenters. The van der Waals surface area contributed by atoms with Crippen molar-refractivity contribution < 1.29 is 0 Å². The van der Waals surface area contributed by atoms with Crippen molar-refractivity contribution in [2.24, 2.45) is 0 Å². The number of benzene rings is 1. The average molecular weight is 292 g/mol. The van der Waals surface area contributed by atoms with Gasteiger partial charge >= 0.3 is 0 Å². The van der Waals surface area contributed by atoms with Crippen LogP contribution in [0.3, 0.4) is 0 Å². The number of nitrogens with two attached hydrogens (primary N) is 1. The minimum atomic E-state index is 0.450. The number of halogens is 1. The van der Waals surface area contributed by atoms with E-state index in [2.05, 4.69) is 24.0 Å². The summed E-state index contributed by atoms with van der Waals surface area (Å²) in [6, 6.07) is 7.79. The predicted molar refractivity (Wildman–Crippen MR) is 86.0 cm³/mol. The van der Waals surface area contributed by atoms with Gasteiger partial charge in [-0.05, 0) is 18.9 Å². The van der Waals surface area contributed by atoms with E-state index >= 15 is 0 Å². The molecule has 0 saturated carbocycles. The highest BCUT2D eigenvalue weighted by Gasteiger charge is 2.21. The number of unbranched alkanes of at least 4 members (excludes halogenated alkanes) is 1. The fourth-order valence-corrected chi connectivity index (χ4v) is 2.85. The van der Waals surface area contributed by atoms with Gasteiger partial charge in [0.05, 0.1) is 0 Å². The molecule has 0 spiro atoms. The van der Waals surface area contributed by atoms with Crippen LogP contribution in [-0.4, -0.2) is 10.2 Å². The molecule has 20 heavy (non-hydrogen) atoms. The van der Waals surface area contributed by atoms with Crippen LogP contribution in [0.4, 0.5) is 5.82 Å². The number of rotatable bonds is 6. The highest BCUT2D eigenvalue weighted by molar-refractivity contribution is 6.33. The van der Waals surface area contributed by atoms with E-state index in [1.165, 1.54) is 12.8 Å². The van der Waals surface area contributed by atoms with Gasteiger partial charge in [0, 0.05) is 27.8 Å². The van der Waals surface area contributed by atoms with Crippen molar-refractivity contribution in [1.82, 2.24) is 10.2 Å². The monoisotopic (exact) mass is 291 g/mol. The summed E-state index contributed by atoms with van der Waals surface area (Å²) < 4.78 is 0. The Bertz CT molecular complexity index is 563. The topological polar surface area (TPSA) is 54.7 Å². The summed E-state index contributed by atoms with van der Waals surface area (Å²) in [6.45, 7) is 4.41. The van der Waals surface area contributed by atoms with E-state index in [0.29, 0.717) is 16.8 Å². The average Bonchev–Trinajstić information content (AvgIpc) is 2.82. The van der Waals surface area contributed by atoms with Crippen LogP contribution in [-0.2, 0) is 0 Å². The number of nitrogens with zero attached hydrogens (tertiary/aromatic N) is 1. The summed E-state index contributed by atoms with van der Waals surface area (Å²) in [5.74, 6) is 0.981. The molecule has 2 rings (SSSR count). The molecule has 0 aliphatic carbocycles. The molecule has 1 aromatic carbocycles. The van der Waals surface area contributed by atoms with Gasteiger partial charge in [0.15, 0.2) is 5.82 Å². The lowest BCUT2D eigenvalue weighted by molar-refractivity contribution is 0.557. The summed E-state index contributed by atoms with van der Waals surface area (Å²) in [5.41, 5.74) is 9.11. The molecule has 1 aromatic heterocycles. The fraction of sp³-hybridized carbons (Fsp3) is 0.438. The van der Waals surface area contributed by atoms with Crippen molar-refractivity contribution in [1.29, 1.82) is 0 Å². The molecule has 0 aliphatic heterocycles. The van der Waals surface area contributed by atoms with Gasteiger partial charge in [-0.15, -0.1) is 0 Å². The molecule has 1 unspecified atom stereocenters. The lowest BCUT2D eigenvalue weighted by Gasteiger charge is -2.15. The molecule has 0 amide bonds. The standard InChI is InChI=1S/C16H22ClN3/c1-3-5-8-11(4-2)15-14(16(18)20-19-15)12-9-6-7-10-13(12)17/h6-7,9-11H,3-5,8H2,1-2H3,(H3,18,19,20). The fourth-order valence-electron chi connectivity index (χ4n) is 2.62.